The van der Waals surface area contributed by atoms with E-state index in [0.717, 1.165) is 28.6 Å². The molecule has 0 saturated carbocycles. The monoisotopic (exact) mass is 340 g/mol. The van der Waals surface area contributed by atoms with Crippen LogP contribution in [0, 0.1) is 6.92 Å². The van der Waals surface area contributed by atoms with Crippen LogP contribution < -0.4 is 19.7 Å². The molecule has 0 atom stereocenters. The second kappa shape index (κ2) is 6.64. The van der Waals surface area contributed by atoms with Crippen LogP contribution in [0.1, 0.15) is 11.1 Å². The largest absolute Gasteiger partial charge is 0.457 e. The average molecular weight is 340 g/mol. The molecule has 4 rings (SSSR count). The minimum absolute atomic E-state index is 0.652. The van der Waals surface area contributed by atoms with Gasteiger partial charge in [0, 0.05) is 12.1 Å². The molecule has 1 aromatic heterocycles. The molecule has 0 amide bonds. The van der Waals surface area contributed by atoms with Crippen molar-refractivity contribution >= 4 is 12.2 Å². The van der Waals surface area contributed by atoms with E-state index in [2.05, 4.69) is 79.9 Å². The highest BCUT2D eigenvalue weighted by Crippen LogP contribution is 2.36. The standard InChI is InChI=1S/C24H22NO/c1-17-11-12-20-14-13-19-8-4-5-9-21(19)16-18(2)26-24(20)23(17)22-10-6-7-15-25(22)3/h4-13,15-16H,2,14H2,1,3H3/q+1/b19-13-,21-16-. The Morgan fingerprint density at radius 3 is 2.54 bits per heavy atom. The first-order valence-electron chi connectivity index (χ1n) is 8.85. The molecule has 0 N–H and O–H groups in total. The summed E-state index contributed by atoms with van der Waals surface area (Å²) in [6.07, 6.45) is 7.15. The van der Waals surface area contributed by atoms with Crippen LogP contribution in [0.2, 0.25) is 0 Å². The van der Waals surface area contributed by atoms with E-state index in [9.17, 15) is 0 Å². The van der Waals surface area contributed by atoms with Gasteiger partial charge >= 0.3 is 0 Å². The van der Waals surface area contributed by atoms with Crippen molar-refractivity contribution in [2.45, 2.75) is 13.3 Å². The zero-order chi connectivity index (χ0) is 18.1. The van der Waals surface area contributed by atoms with Crippen molar-refractivity contribution in [1.29, 1.82) is 0 Å². The molecular weight excluding hydrogens is 318 g/mol. The van der Waals surface area contributed by atoms with Crippen LogP contribution in [0.4, 0.5) is 0 Å². The van der Waals surface area contributed by atoms with Gasteiger partial charge in [0.15, 0.2) is 6.20 Å². The van der Waals surface area contributed by atoms with Crippen LogP contribution in [0.25, 0.3) is 23.4 Å². The Hall–Kier alpha value is -3.13. The average Bonchev–Trinajstić information content (AvgIpc) is 2.69. The third kappa shape index (κ3) is 2.95. The summed E-state index contributed by atoms with van der Waals surface area (Å²) < 4.78 is 8.44. The number of ether oxygens (including phenoxy) is 1. The van der Waals surface area contributed by atoms with Gasteiger partial charge in [-0.15, -0.1) is 0 Å². The van der Waals surface area contributed by atoms with Gasteiger partial charge in [-0.3, -0.25) is 0 Å². The number of rotatable bonds is 1. The molecule has 0 spiro atoms. The van der Waals surface area contributed by atoms with Gasteiger partial charge in [0.1, 0.15) is 18.6 Å². The Labute approximate surface area is 154 Å². The molecule has 2 heteroatoms. The number of pyridine rings is 1. The van der Waals surface area contributed by atoms with Gasteiger partial charge < -0.3 is 4.74 Å². The molecule has 0 saturated heterocycles. The predicted molar refractivity (Wildman–Crippen MR) is 106 cm³/mol. The van der Waals surface area contributed by atoms with Crippen LogP contribution in [0.5, 0.6) is 5.75 Å². The summed E-state index contributed by atoms with van der Waals surface area (Å²) in [7, 11) is 2.06. The first kappa shape index (κ1) is 16.3. The Balaban J connectivity index is 1.97. The van der Waals surface area contributed by atoms with Crippen molar-refractivity contribution in [2.75, 3.05) is 0 Å². The lowest BCUT2D eigenvalue weighted by atomic mass is 9.97. The maximum atomic E-state index is 6.31. The van der Waals surface area contributed by atoms with E-state index in [1.807, 2.05) is 18.2 Å². The molecule has 2 aromatic carbocycles. The van der Waals surface area contributed by atoms with Crippen LogP contribution in [0.15, 0.2) is 73.1 Å². The summed E-state index contributed by atoms with van der Waals surface area (Å²) in [5, 5.41) is 2.34. The maximum absolute atomic E-state index is 6.31. The SMILES string of the molecule is C=C1/C=c2/cccc/c2=C/Cc2ccc(C)c(-c3cccc[n+]3C)c2O1. The Morgan fingerprint density at radius 2 is 1.73 bits per heavy atom. The van der Waals surface area contributed by atoms with Crippen molar-refractivity contribution in [2.24, 2.45) is 7.05 Å². The minimum Gasteiger partial charge on any atom is -0.457 e. The van der Waals surface area contributed by atoms with Crippen LogP contribution in [0.3, 0.4) is 0 Å². The quantitative estimate of drug-likeness (QED) is 0.620. The van der Waals surface area contributed by atoms with Crippen LogP contribution in [-0.2, 0) is 13.5 Å². The van der Waals surface area contributed by atoms with Gasteiger partial charge in [0.05, 0.1) is 5.56 Å². The van der Waals surface area contributed by atoms with Crippen molar-refractivity contribution < 1.29 is 9.30 Å². The number of aryl methyl sites for hydroxylation is 2. The van der Waals surface area contributed by atoms with Gasteiger partial charge in [0.2, 0.25) is 5.69 Å². The summed E-state index contributed by atoms with van der Waals surface area (Å²) in [5.41, 5.74) is 4.61. The van der Waals surface area contributed by atoms with E-state index in [4.69, 9.17) is 4.74 Å². The first-order chi connectivity index (χ1) is 12.6. The fourth-order valence-corrected chi connectivity index (χ4v) is 3.49. The van der Waals surface area contributed by atoms with E-state index in [1.54, 1.807) is 0 Å². The molecule has 2 heterocycles. The minimum atomic E-state index is 0.652. The van der Waals surface area contributed by atoms with Crippen molar-refractivity contribution in [3.8, 4) is 17.0 Å². The van der Waals surface area contributed by atoms with Gasteiger partial charge in [-0.2, -0.15) is 0 Å². The molecular formula is C24H22NO+. The van der Waals surface area contributed by atoms with Crippen molar-refractivity contribution in [3.05, 3.63) is 94.7 Å². The lowest BCUT2D eigenvalue weighted by Gasteiger charge is -2.16. The highest BCUT2D eigenvalue weighted by atomic mass is 16.5. The zero-order valence-electron chi connectivity index (χ0n) is 15.2. The maximum Gasteiger partial charge on any atom is 0.216 e. The Morgan fingerprint density at radius 1 is 0.962 bits per heavy atom. The number of fused-ring (bicyclic) bond motifs is 2. The molecule has 3 aromatic rings. The van der Waals surface area contributed by atoms with Crippen molar-refractivity contribution in [3.63, 3.8) is 0 Å². The molecule has 0 fully saturated rings. The highest BCUT2D eigenvalue weighted by Gasteiger charge is 2.21. The molecule has 1 aliphatic rings. The third-order valence-corrected chi connectivity index (χ3v) is 4.85. The van der Waals surface area contributed by atoms with Crippen molar-refractivity contribution in [1.82, 2.24) is 0 Å². The topological polar surface area (TPSA) is 13.1 Å². The van der Waals surface area contributed by atoms with E-state index >= 15 is 0 Å². The molecule has 2 nitrogen and oxygen atoms in total. The number of nitrogens with zero attached hydrogens (tertiary/aromatic N) is 1. The molecule has 0 bridgehead atoms. The molecule has 1 aliphatic heterocycles. The number of benzene rings is 2. The van der Waals surface area contributed by atoms with E-state index in [0.29, 0.717) is 5.76 Å². The molecule has 26 heavy (non-hydrogen) atoms. The normalized spacial score (nSPS) is 15.7. The predicted octanol–water partition coefficient (Wildman–Crippen LogP) is 3.20. The lowest BCUT2D eigenvalue weighted by Crippen LogP contribution is -2.30. The number of allylic oxidation sites excluding steroid dienone is 1. The number of hydrogen-bond donors (Lipinski definition) is 0. The van der Waals surface area contributed by atoms with Gasteiger partial charge in [-0.1, -0.05) is 49.1 Å². The summed E-state index contributed by atoms with van der Waals surface area (Å²) in [5.74, 6) is 1.55. The fraction of sp³-hybridized carbons (Fsp3) is 0.125. The van der Waals surface area contributed by atoms with E-state index in [-0.39, 0.29) is 0 Å². The van der Waals surface area contributed by atoms with Crippen LogP contribution >= 0.6 is 0 Å². The first-order valence-corrected chi connectivity index (χ1v) is 8.85. The van der Waals surface area contributed by atoms with E-state index in [1.165, 1.54) is 16.3 Å². The zero-order valence-corrected chi connectivity index (χ0v) is 15.2. The summed E-state index contributed by atoms with van der Waals surface area (Å²) >= 11 is 0. The van der Waals surface area contributed by atoms with Gasteiger partial charge in [-0.25, -0.2) is 4.57 Å². The molecule has 128 valence electrons. The molecule has 0 radical (unpaired) electrons. The fourth-order valence-electron chi connectivity index (χ4n) is 3.49. The Bertz CT molecular complexity index is 1130. The van der Waals surface area contributed by atoms with Gasteiger partial charge in [-0.05, 0) is 47.1 Å². The summed E-state index contributed by atoms with van der Waals surface area (Å²) in [4.78, 5) is 0. The number of hydrogen-bond acceptors (Lipinski definition) is 1. The Kier molecular flexibility index (Phi) is 4.18. The second-order valence-electron chi connectivity index (χ2n) is 6.69. The number of aromatic nitrogens is 1. The summed E-state index contributed by atoms with van der Waals surface area (Å²) in [6, 6.07) is 18.9. The third-order valence-electron chi connectivity index (χ3n) is 4.85. The lowest BCUT2D eigenvalue weighted by molar-refractivity contribution is -0.660. The highest BCUT2D eigenvalue weighted by molar-refractivity contribution is 5.72. The smallest absolute Gasteiger partial charge is 0.216 e. The molecule has 0 aliphatic carbocycles. The molecule has 0 unspecified atom stereocenters. The second-order valence-corrected chi connectivity index (χ2v) is 6.69. The van der Waals surface area contributed by atoms with Gasteiger partial charge in [0.25, 0.3) is 0 Å². The van der Waals surface area contributed by atoms with E-state index < -0.39 is 0 Å². The van der Waals surface area contributed by atoms with Crippen LogP contribution in [-0.4, -0.2) is 0 Å². The summed E-state index contributed by atoms with van der Waals surface area (Å²) in [6.45, 7) is 6.27.